The van der Waals surface area contributed by atoms with E-state index in [0.29, 0.717) is 57.0 Å². The summed E-state index contributed by atoms with van der Waals surface area (Å²) in [6, 6.07) is 9.47. The molecule has 1 aromatic carbocycles. The van der Waals surface area contributed by atoms with Crippen LogP contribution in [0.5, 0.6) is 5.75 Å². The van der Waals surface area contributed by atoms with Crippen LogP contribution in [-0.2, 0) is 44.8 Å². The molecule has 0 saturated carbocycles. The number of hydrogen-bond acceptors (Lipinski definition) is 7. The van der Waals surface area contributed by atoms with Crippen LogP contribution in [-0.4, -0.2) is 60.9 Å². The van der Waals surface area contributed by atoms with Crippen LogP contribution in [0.3, 0.4) is 0 Å². The van der Waals surface area contributed by atoms with Crippen molar-refractivity contribution in [2.75, 3.05) is 33.4 Å². The summed E-state index contributed by atoms with van der Waals surface area (Å²) in [7, 11) is 1.31. The van der Waals surface area contributed by atoms with Crippen LogP contribution in [0.1, 0.15) is 34.1 Å². The minimum Gasteiger partial charge on any atom is -0.491 e. The molecule has 0 atom stereocenters. The van der Waals surface area contributed by atoms with E-state index in [4.69, 9.17) is 18.9 Å². The molecule has 3 heterocycles. The van der Waals surface area contributed by atoms with E-state index in [9.17, 15) is 14.4 Å². The fourth-order valence-electron chi connectivity index (χ4n) is 5.01. The number of allylic oxidation sites excluding steroid dienone is 1. The van der Waals surface area contributed by atoms with Crippen molar-refractivity contribution in [3.05, 3.63) is 74.6 Å². The van der Waals surface area contributed by atoms with Gasteiger partial charge in [-0.25, -0.2) is 4.79 Å². The highest BCUT2D eigenvalue weighted by molar-refractivity contribution is 5.94. The molecule has 0 radical (unpaired) electrons. The average molecular weight is 481 g/mol. The van der Waals surface area contributed by atoms with Gasteiger partial charge in [0, 0.05) is 50.7 Å². The minimum absolute atomic E-state index is 0.180. The zero-order valence-electron chi connectivity index (χ0n) is 19.9. The Morgan fingerprint density at radius 2 is 1.74 bits per heavy atom. The molecule has 3 aliphatic rings. The van der Waals surface area contributed by atoms with E-state index in [1.807, 2.05) is 12.1 Å². The van der Waals surface area contributed by atoms with Crippen molar-refractivity contribution < 1.29 is 28.5 Å². The molecule has 9 heteroatoms. The number of methoxy groups -OCH3 is 1. The first-order valence-electron chi connectivity index (χ1n) is 11.8. The van der Waals surface area contributed by atoms with Gasteiger partial charge in [-0.1, -0.05) is 24.3 Å². The lowest BCUT2D eigenvalue weighted by molar-refractivity contribution is -0.132. The van der Waals surface area contributed by atoms with E-state index in [0.717, 1.165) is 0 Å². The van der Waals surface area contributed by atoms with Gasteiger partial charge in [0.15, 0.2) is 0 Å². The van der Waals surface area contributed by atoms with E-state index >= 15 is 0 Å². The highest BCUT2D eigenvalue weighted by Gasteiger charge is 2.32. The standard InChI is InChI=1S/C26H28N2O7/c1-16-24(34-12-11-33-16)25(30)27-8-7-20-23(26(31)32-2)21(15-22(29)28(20)10-9-27)35-19-13-17-5-3-4-6-18(17)14-19/h3-6,15,19H,7-14H2,1-2H3. The van der Waals surface area contributed by atoms with Crippen LogP contribution in [0, 0.1) is 0 Å². The van der Waals surface area contributed by atoms with E-state index in [1.54, 1.807) is 11.8 Å². The summed E-state index contributed by atoms with van der Waals surface area (Å²) in [4.78, 5) is 40.7. The largest absolute Gasteiger partial charge is 0.491 e. The summed E-state index contributed by atoms with van der Waals surface area (Å²) in [5.74, 6) is 0.00830. The molecule has 0 N–H and O–H groups in total. The van der Waals surface area contributed by atoms with Crippen molar-refractivity contribution in [1.82, 2.24) is 9.47 Å². The number of amides is 1. The predicted molar refractivity (Wildman–Crippen MR) is 125 cm³/mol. The minimum atomic E-state index is -0.568. The van der Waals surface area contributed by atoms with Gasteiger partial charge in [-0.3, -0.25) is 9.59 Å². The molecule has 2 aromatic rings. The van der Waals surface area contributed by atoms with Crippen LogP contribution in [0.25, 0.3) is 0 Å². The van der Waals surface area contributed by atoms with Crippen LogP contribution in [0.15, 0.2) is 46.6 Å². The molecule has 5 rings (SSSR count). The first-order chi connectivity index (χ1) is 17.0. The molecule has 0 unspecified atom stereocenters. The Morgan fingerprint density at radius 3 is 2.43 bits per heavy atom. The Balaban J connectivity index is 1.44. The molecule has 1 aromatic heterocycles. The number of esters is 1. The first kappa shape index (κ1) is 23.0. The van der Waals surface area contributed by atoms with Crippen LogP contribution >= 0.6 is 0 Å². The van der Waals surface area contributed by atoms with Crippen molar-refractivity contribution in [1.29, 1.82) is 0 Å². The fraction of sp³-hybridized carbons (Fsp3) is 0.423. The number of benzene rings is 1. The third kappa shape index (κ3) is 4.38. The van der Waals surface area contributed by atoms with Crippen molar-refractivity contribution >= 4 is 11.9 Å². The summed E-state index contributed by atoms with van der Waals surface area (Å²) in [6.07, 6.45) is 1.52. The molecule has 0 fully saturated rings. The van der Waals surface area contributed by atoms with Crippen molar-refractivity contribution in [3.8, 4) is 5.75 Å². The van der Waals surface area contributed by atoms with Gasteiger partial charge >= 0.3 is 5.97 Å². The smallest absolute Gasteiger partial charge is 0.343 e. The quantitative estimate of drug-likeness (QED) is 0.616. The van der Waals surface area contributed by atoms with Crippen molar-refractivity contribution in [2.45, 2.75) is 38.8 Å². The molecule has 184 valence electrons. The zero-order valence-corrected chi connectivity index (χ0v) is 19.9. The average Bonchev–Trinajstić information content (AvgIpc) is 3.13. The van der Waals surface area contributed by atoms with E-state index in [-0.39, 0.29) is 41.2 Å². The Bertz CT molecular complexity index is 1240. The second-order valence-electron chi connectivity index (χ2n) is 8.85. The third-order valence-electron chi connectivity index (χ3n) is 6.74. The number of nitrogens with zero attached hydrogens (tertiary/aromatic N) is 2. The number of ether oxygens (including phenoxy) is 4. The Kier molecular flexibility index (Phi) is 6.23. The highest BCUT2D eigenvalue weighted by atomic mass is 16.6. The molecule has 0 bridgehead atoms. The normalized spacial score (nSPS) is 17.6. The molecule has 9 nitrogen and oxygen atoms in total. The summed E-state index contributed by atoms with van der Waals surface area (Å²) >= 11 is 0. The van der Waals surface area contributed by atoms with E-state index in [1.165, 1.54) is 28.9 Å². The van der Waals surface area contributed by atoms with Gasteiger partial charge in [-0.2, -0.15) is 0 Å². The number of rotatable bonds is 4. The predicted octanol–water partition coefficient (Wildman–Crippen LogP) is 1.84. The summed E-state index contributed by atoms with van der Waals surface area (Å²) in [5, 5.41) is 0. The molecule has 35 heavy (non-hydrogen) atoms. The SMILES string of the molecule is COC(=O)c1c(OC2Cc3ccccc3C2)cc(=O)n2c1CCN(C(=O)C1=C(C)OCCO1)CC2. The maximum absolute atomic E-state index is 13.1. The monoisotopic (exact) mass is 480 g/mol. The lowest BCUT2D eigenvalue weighted by Crippen LogP contribution is -2.37. The second-order valence-corrected chi connectivity index (χ2v) is 8.85. The van der Waals surface area contributed by atoms with Gasteiger partial charge in [0.05, 0.1) is 7.11 Å². The maximum atomic E-state index is 13.1. The van der Waals surface area contributed by atoms with Gasteiger partial charge in [0.1, 0.15) is 36.4 Å². The maximum Gasteiger partial charge on any atom is 0.343 e. The van der Waals surface area contributed by atoms with Gasteiger partial charge in [-0.05, 0) is 18.1 Å². The zero-order chi connectivity index (χ0) is 24.5. The summed E-state index contributed by atoms with van der Waals surface area (Å²) in [6.45, 7) is 3.26. The first-order valence-corrected chi connectivity index (χ1v) is 11.8. The Labute approximate surface area is 202 Å². The summed E-state index contributed by atoms with van der Waals surface area (Å²) in [5.41, 5.74) is 2.88. The fourth-order valence-corrected chi connectivity index (χ4v) is 5.01. The molecule has 0 saturated heterocycles. The van der Waals surface area contributed by atoms with E-state index < -0.39 is 5.97 Å². The number of carbonyl (C=O) groups is 2. The van der Waals surface area contributed by atoms with Crippen LogP contribution < -0.4 is 10.3 Å². The third-order valence-corrected chi connectivity index (χ3v) is 6.74. The molecular weight excluding hydrogens is 452 g/mol. The van der Waals surface area contributed by atoms with Crippen molar-refractivity contribution in [2.24, 2.45) is 0 Å². The lowest BCUT2D eigenvalue weighted by Gasteiger charge is -2.25. The molecule has 0 spiro atoms. The Hall–Kier alpha value is -3.75. The van der Waals surface area contributed by atoms with E-state index in [2.05, 4.69) is 12.1 Å². The highest BCUT2D eigenvalue weighted by Crippen LogP contribution is 2.30. The number of hydrogen-bond donors (Lipinski definition) is 0. The van der Waals surface area contributed by atoms with Gasteiger partial charge in [0.25, 0.3) is 11.5 Å². The number of pyridine rings is 1. The lowest BCUT2D eigenvalue weighted by atomic mass is 10.1. The topological polar surface area (TPSA) is 96.3 Å². The molecule has 1 amide bonds. The van der Waals surface area contributed by atoms with Gasteiger partial charge < -0.3 is 28.4 Å². The summed E-state index contributed by atoms with van der Waals surface area (Å²) < 4.78 is 23.9. The number of aromatic nitrogens is 1. The van der Waals surface area contributed by atoms with Crippen LogP contribution in [0.2, 0.25) is 0 Å². The molecular formula is C26H28N2O7. The molecule has 2 aliphatic heterocycles. The number of fused-ring (bicyclic) bond motifs is 2. The number of carbonyl (C=O) groups excluding carboxylic acids is 2. The van der Waals surface area contributed by atoms with Gasteiger partial charge in [0.2, 0.25) is 5.76 Å². The van der Waals surface area contributed by atoms with Crippen molar-refractivity contribution in [3.63, 3.8) is 0 Å². The second kappa shape index (κ2) is 9.48. The molecule has 1 aliphatic carbocycles. The van der Waals surface area contributed by atoms with Gasteiger partial charge in [-0.15, -0.1) is 0 Å². The Morgan fingerprint density at radius 1 is 1.03 bits per heavy atom. The van der Waals surface area contributed by atoms with Crippen LogP contribution in [0.4, 0.5) is 0 Å².